The van der Waals surface area contributed by atoms with Crippen molar-refractivity contribution >= 4 is 60.4 Å². The lowest BCUT2D eigenvalue weighted by molar-refractivity contribution is 1.18. The van der Waals surface area contributed by atoms with Crippen molar-refractivity contribution in [2.75, 3.05) is 4.90 Å². The molecule has 0 aliphatic heterocycles. The third kappa shape index (κ3) is 5.66. The predicted octanol–water partition coefficient (Wildman–Crippen LogP) is 15.6. The second-order valence-electron chi connectivity index (χ2n) is 14.9. The first-order chi connectivity index (χ1) is 28.8. The lowest BCUT2D eigenvalue weighted by Crippen LogP contribution is -2.12. The van der Waals surface area contributed by atoms with Crippen LogP contribution in [0.5, 0.6) is 0 Å². The molecule has 0 bridgehead atoms. The van der Waals surface area contributed by atoms with Crippen LogP contribution in [0.3, 0.4) is 0 Å². The van der Waals surface area contributed by atoms with Crippen molar-refractivity contribution in [3.8, 4) is 39.1 Å². The van der Waals surface area contributed by atoms with E-state index in [1.54, 1.807) is 0 Å². The molecule has 2 nitrogen and oxygen atoms in total. The first kappa shape index (κ1) is 33.6. The van der Waals surface area contributed by atoms with Gasteiger partial charge in [0.1, 0.15) is 0 Å². The van der Waals surface area contributed by atoms with Crippen molar-refractivity contribution in [3.63, 3.8) is 0 Å². The summed E-state index contributed by atoms with van der Waals surface area (Å²) >= 11 is 0. The molecule has 0 saturated carbocycles. The summed E-state index contributed by atoms with van der Waals surface area (Å²) < 4.78 is 2.46. The largest absolute Gasteiger partial charge is 0.310 e. The Morgan fingerprint density at radius 1 is 0.310 bits per heavy atom. The van der Waals surface area contributed by atoms with Crippen molar-refractivity contribution < 1.29 is 0 Å². The summed E-state index contributed by atoms with van der Waals surface area (Å²) in [7, 11) is 0. The molecule has 0 aliphatic carbocycles. The highest BCUT2D eigenvalue weighted by Crippen LogP contribution is 2.47. The second kappa shape index (κ2) is 14.1. The van der Waals surface area contributed by atoms with Crippen molar-refractivity contribution in [1.82, 2.24) is 4.57 Å². The first-order valence-corrected chi connectivity index (χ1v) is 19.9. The van der Waals surface area contributed by atoms with E-state index in [0.29, 0.717) is 0 Å². The summed E-state index contributed by atoms with van der Waals surface area (Å²) in [5.74, 6) is 0. The van der Waals surface area contributed by atoms with E-state index in [1.807, 2.05) is 0 Å². The maximum absolute atomic E-state index is 2.46. The molecule has 1 heterocycles. The van der Waals surface area contributed by atoms with Crippen molar-refractivity contribution in [3.05, 3.63) is 231 Å². The van der Waals surface area contributed by atoms with E-state index in [1.165, 1.54) is 71.2 Å². The monoisotopic (exact) mass is 738 g/mol. The van der Waals surface area contributed by atoms with Gasteiger partial charge < -0.3 is 9.47 Å². The highest BCUT2D eigenvalue weighted by Gasteiger charge is 2.23. The molecule has 10 aromatic carbocycles. The fourth-order valence-corrected chi connectivity index (χ4v) is 8.94. The molecule has 58 heavy (non-hydrogen) atoms. The third-order valence-electron chi connectivity index (χ3n) is 11.6. The minimum Gasteiger partial charge on any atom is -0.310 e. The van der Waals surface area contributed by atoms with Crippen LogP contribution in [0.2, 0.25) is 0 Å². The van der Waals surface area contributed by atoms with Gasteiger partial charge in [0.25, 0.3) is 0 Å². The molecule has 2 heteroatoms. The number of hydrogen-bond acceptors (Lipinski definition) is 1. The number of nitrogens with zero attached hydrogens (tertiary/aromatic N) is 2. The summed E-state index contributed by atoms with van der Waals surface area (Å²) in [5.41, 5.74) is 13.9. The molecule has 0 saturated heterocycles. The van der Waals surface area contributed by atoms with E-state index in [2.05, 4.69) is 240 Å². The molecular formula is C56H38N2. The lowest BCUT2D eigenvalue weighted by Gasteiger charge is -2.29. The fourth-order valence-electron chi connectivity index (χ4n) is 8.94. The van der Waals surface area contributed by atoms with Gasteiger partial charge in [0, 0.05) is 33.3 Å². The Balaban J connectivity index is 1.17. The normalized spacial score (nSPS) is 11.4. The maximum Gasteiger partial charge on any atom is 0.0547 e. The Hall–Kier alpha value is -7.68. The summed E-state index contributed by atoms with van der Waals surface area (Å²) in [5, 5.41) is 7.40. The quantitative estimate of drug-likeness (QED) is 0.158. The van der Waals surface area contributed by atoms with Crippen LogP contribution in [-0.4, -0.2) is 4.57 Å². The number of anilines is 3. The van der Waals surface area contributed by atoms with Crippen LogP contribution < -0.4 is 4.90 Å². The van der Waals surface area contributed by atoms with Gasteiger partial charge in [-0.3, -0.25) is 0 Å². The lowest BCUT2D eigenvalue weighted by atomic mass is 9.93. The molecular weight excluding hydrogens is 701 g/mol. The molecule has 1 aromatic heterocycles. The highest BCUT2D eigenvalue weighted by molar-refractivity contribution is 6.12. The van der Waals surface area contributed by atoms with Crippen LogP contribution in [0.25, 0.3) is 82.4 Å². The number of fused-ring (bicyclic) bond motifs is 5. The zero-order valence-electron chi connectivity index (χ0n) is 31.8. The molecule has 0 radical (unpaired) electrons. The smallest absolute Gasteiger partial charge is 0.0547 e. The topological polar surface area (TPSA) is 8.17 Å². The molecule has 0 aliphatic rings. The molecule has 0 spiro atoms. The standard InChI is InChI=1S/C56H38N2/c1-2-16-39(17-3-1)43-21-14-22-45(38-43)57(44-35-32-42(33-36-44)47-28-15-20-40-18-4-6-23-46(40)47)54-31-13-10-27-51(54)56-48-24-7-5-19-41(48)34-37-55(56)58-52-29-11-8-25-49(52)50-26-9-12-30-53(50)58/h1-38H. The maximum atomic E-state index is 2.46. The number of hydrogen-bond donors (Lipinski definition) is 0. The van der Waals surface area contributed by atoms with Gasteiger partial charge in [0.05, 0.1) is 22.4 Å². The van der Waals surface area contributed by atoms with Crippen molar-refractivity contribution in [1.29, 1.82) is 0 Å². The Morgan fingerprint density at radius 2 is 0.862 bits per heavy atom. The van der Waals surface area contributed by atoms with Gasteiger partial charge in [-0.25, -0.2) is 0 Å². The van der Waals surface area contributed by atoms with E-state index < -0.39 is 0 Å². The SMILES string of the molecule is c1ccc(-c2cccc(N(c3ccc(-c4cccc5ccccc45)cc3)c3ccccc3-c3c(-n4c5ccccc5c5ccccc54)ccc4ccccc34)c2)cc1. The molecule has 272 valence electrons. The molecule has 11 aromatic rings. The summed E-state index contributed by atoms with van der Waals surface area (Å²) in [6.45, 7) is 0. The van der Waals surface area contributed by atoms with Crippen LogP contribution in [0.4, 0.5) is 17.1 Å². The second-order valence-corrected chi connectivity index (χ2v) is 14.9. The van der Waals surface area contributed by atoms with E-state index in [-0.39, 0.29) is 0 Å². The minimum absolute atomic E-state index is 1.08. The number of aromatic nitrogens is 1. The van der Waals surface area contributed by atoms with Crippen LogP contribution in [0.1, 0.15) is 0 Å². The number of para-hydroxylation sites is 3. The van der Waals surface area contributed by atoms with Gasteiger partial charge in [-0.05, 0) is 92.3 Å². The zero-order valence-corrected chi connectivity index (χ0v) is 31.8. The van der Waals surface area contributed by atoms with E-state index in [0.717, 1.165) is 28.3 Å². The molecule has 0 fully saturated rings. The Morgan fingerprint density at radius 3 is 1.62 bits per heavy atom. The van der Waals surface area contributed by atoms with Crippen LogP contribution in [-0.2, 0) is 0 Å². The molecule has 0 atom stereocenters. The molecule has 11 rings (SSSR count). The van der Waals surface area contributed by atoms with E-state index in [4.69, 9.17) is 0 Å². The van der Waals surface area contributed by atoms with Gasteiger partial charge in [-0.2, -0.15) is 0 Å². The highest BCUT2D eigenvalue weighted by atomic mass is 15.1. The third-order valence-corrected chi connectivity index (χ3v) is 11.6. The van der Waals surface area contributed by atoms with Gasteiger partial charge >= 0.3 is 0 Å². The first-order valence-electron chi connectivity index (χ1n) is 19.9. The summed E-state index contributed by atoms with van der Waals surface area (Å²) in [6.07, 6.45) is 0. The summed E-state index contributed by atoms with van der Waals surface area (Å²) in [4.78, 5) is 2.44. The predicted molar refractivity (Wildman–Crippen MR) is 247 cm³/mol. The van der Waals surface area contributed by atoms with Crippen LogP contribution in [0, 0.1) is 0 Å². The number of rotatable bonds is 7. The van der Waals surface area contributed by atoms with E-state index in [9.17, 15) is 0 Å². The fraction of sp³-hybridized carbons (Fsp3) is 0. The van der Waals surface area contributed by atoms with Crippen molar-refractivity contribution in [2.24, 2.45) is 0 Å². The van der Waals surface area contributed by atoms with E-state index >= 15 is 0 Å². The molecule has 0 N–H and O–H groups in total. The van der Waals surface area contributed by atoms with Gasteiger partial charge in [-0.1, -0.05) is 182 Å². The Labute approximate surface area is 338 Å². The average molecular weight is 739 g/mol. The van der Waals surface area contributed by atoms with Crippen LogP contribution in [0.15, 0.2) is 231 Å². The number of benzene rings is 10. The van der Waals surface area contributed by atoms with Gasteiger partial charge in [-0.15, -0.1) is 0 Å². The van der Waals surface area contributed by atoms with Gasteiger partial charge in [0.2, 0.25) is 0 Å². The average Bonchev–Trinajstić information content (AvgIpc) is 3.64. The van der Waals surface area contributed by atoms with Crippen molar-refractivity contribution in [2.45, 2.75) is 0 Å². The van der Waals surface area contributed by atoms with Crippen LogP contribution >= 0.6 is 0 Å². The zero-order chi connectivity index (χ0) is 38.4. The molecule has 0 amide bonds. The molecule has 0 unspecified atom stereocenters. The van der Waals surface area contributed by atoms with Gasteiger partial charge in [0.15, 0.2) is 0 Å². The Kier molecular flexibility index (Phi) is 8.19. The summed E-state index contributed by atoms with van der Waals surface area (Å²) in [6, 6.07) is 83.8. The minimum atomic E-state index is 1.08. The Bertz CT molecular complexity index is 3220.